The first-order chi connectivity index (χ1) is 14.5. The van der Waals surface area contributed by atoms with Crippen LogP contribution in [0.15, 0.2) is 60.7 Å². The first-order valence-corrected chi connectivity index (χ1v) is 10.5. The van der Waals surface area contributed by atoms with Crippen LogP contribution < -0.4 is 5.32 Å². The summed E-state index contributed by atoms with van der Waals surface area (Å²) in [6, 6.07) is 18.4. The third kappa shape index (κ3) is 3.82. The predicted molar refractivity (Wildman–Crippen MR) is 113 cm³/mol. The van der Waals surface area contributed by atoms with Crippen LogP contribution in [0.5, 0.6) is 0 Å². The second-order valence-corrected chi connectivity index (χ2v) is 8.32. The van der Waals surface area contributed by atoms with E-state index in [0.717, 1.165) is 23.3 Å². The Hall–Kier alpha value is -3.15. The summed E-state index contributed by atoms with van der Waals surface area (Å²) in [5.74, 6) is 0.0534. The van der Waals surface area contributed by atoms with Gasteiger partial charge in [-0.05, 0) is 29.9 Å². The molecule has 2 heterocycles. The smallest absolute Gasteiger partial charge is 0.325 e. The molecule has 4 rings (SSSR count). The lowest BCUT2D eigenvalue weighted by Crippen LogP contribution is -2.48. The van der Waals surface area contributed by atoms with E-state index >= 15 is 0 Å². The highest BCUT2D eigenvalue weighted by atomic mass is 16.2. The summed E-state index contributed by atoms with van der Waals surface area (Å²) in [7, 11) is 0. The minimum absolute atomic E-state index is 0.172. The maximum Gasteiger partial charge on any atom is 0.325 e. The van der Waals surface area contributed by atoms with Crippen molar-refractivity contribution in [3.05, 3.63) is 71.8 Å². The van der Waals surface area contributed by atoms with E-state index in [-0.39, 0.29) is 18.4 Å². The molecule has 2 aromatic carbocycles. The number of benzene rings is 2. The first kappa shape index (κ1) is 20.1. The highest BCUT2D eigenvalue weighted by molar-refractivity contribution is 6.09. The Balaban J connectivity index is 1.60. The molecule has 30 heavy (non-hydrogen) atoms. The van der Waals surface area contributed by atoms with Crippen molar-refractivity contribution in [2.45, 2.75) is 31.7 Å². The average Bonchev–Trinajstić information content (AvgIpc) is 3.00. The average molecular weight is 405 g/mol. The van der Waals surface area contributed by atoms with Crippen molar-refractivity contribution < 1.29 is 14.4 Å². The second-order valence-electron chi connectivity index (χ2n) is 8.32. The topological polar surface area (TPSA) is 69.7 Å². The molecule has 6 nitrogen and oxygen atoms in total. The SMILES string of the molecule is CC1CCN(C(=O)CN2C(=O)N[C@](Cc3ccccc3)(c3ccccc3)C2=O)CC1. The van der Waals surface area contributed by atoms with E-state index in [0.29, 0.717) is 31.0 Å². The summed E-state index contributed by atoms with van der Waals surface area (Å²) in [6.45, 7) is 3.31. The zero-order valence-corrected chi connectivity index (χ0v) is 17.2. The molecule has 2 aliphatic rings. The number of amides is 4. The molecular formula is C24H27N3O3. The largest absolute Gasteiger partial charge is 0.341 e. The summed E-state index contributed by atoms with van der Waals surface area (Å²) < 4.78 is 0. The molecule has 2 saturated heterocycles. The molecule has 0 bridgehead atoms. The number of imide groups is 1. The van der Waals surface area contributed by atoms with Crippen molar-refractivity contribution in [2.24, 2.45) is 5.92 Å². The Morgan fingerprint density at radius 2 is 1.60 bits per heavy atom. The predicted octanol–water partition coefficient (Wildman–Crippen LogP) is 2.93. The Kier molecular flexibility index (Phi) is 5.57. The number of rotatable bonds is 5. The van der Waals surface area contributed by atoms with Crippen LogP contribution in [0.3, 0.4) is 0 Å². The third-order valence-electron chi connectivity index (χ3n) is 6.18. The van der Waals surface area contributed by atoms with Gasteiger partial charge in [-0.25, -0.2) is 4.79 Å². The number of likely N-dealkylation sites (tertiary alicyclic amines) is 1. The molecule has 6 heteroatoms. The molecule has 1 N–H and O–H groups in total. The van der Waals surface area contributed by atoms with Crippen LogP contribution >= 0.6 is 0 Å². The lowest BCUT2D eigenvalue weighted by Gasteiger charge is -2.31. The molecule has 0 radical (unpaired) electrons. The first-order valence-electron chi connectivity index (χ1n) is 10.5. The van der Waals surface area contributed by atoms with Crippen LogP contribution in [0.1, 0.15) is 30.9 Å². The van der Waals surface area contributed by atoms with Gasteiger partial charge in [-0.2, -0.15) is 0 Å². The van der Waals surface area contributed by atoms with Crippen molar-refractivity contribution in [1.82, 2.24) is 15.1 Å². The summed E-state index contributed by atoms with van der Waals surface area (Å²) in [6.07, 6.45) is 2.23. The summed E-state index contributed by atoms with van der Waals surface area (Å²) >= 11 is 0. The van der Waals surface area contributed by atoms with E-state index in [1.807, 2.05) is 60.7 Å². The van der Waals surface area contributed by atoms with Gasteiger partial charge < -0.3 is 10.2 Å². The molecular weight excluding hydrogens is 378 g/mol. The molecule has 4 amide bonds. The lowest BCUT2D eigenvalue weighted by atomic mass is 9.83. The van der Waals surface area contributed by atoms with E-state index in [4.69, 9.17) is 0 Å². The minimum atomic E-state index is -1.21. The van der Waals surface area contributed by atoms with Crippen LogP contribution in [0.25, 0.3) is 0 Å². The molecule has 2 aliphatic heterocycles. The molecule has 2 fully saturated rings. The lowest BCUT2D eigenvalue weighted by molar-refractivity contribution is -0.140. The minimum Gasteiger partial charge on any atom is -0.341 e. The summed E-state index contributed by atoms with van der Waals surface area (Å²) in [4.78, 5) is 42.1. The maximum absolute atomic E-state index is 13.6. The summed E-state index contributed by atoms with van der Waals surface area (Å²) in [5, 5.41) is 2.91. The fourth-order valence-electron chi connectivity index (χ4n) is 4.31. The van der Waals surface area contributed by atoms with Gasteiger partial charge in [-0.1, -0.05) is 67.6 Å². The van der Waals surface area contributed by atoms with Gasteiger partial charge in [0.05, 0.1) is 0 Å². The molecule has 0 saturated carbocycles. The van der Waals surface area contributed by atoms with Gasteiger partial charge in [0.1, 0.15) is 6.54 Å². The van der Waals surface area contributed by atoms with E-state index in [1.165, 1.54) is 0 Å². The molecule has 1 atom stereocenters. The van der Waals surface area contributed by atoms with Gasteiger partial charge >= 0.3 is 6.03 Å². The normalized spacial score (nSPS) is 22.3. The van der Waals surface area contributed by atoms with E-state index in [1.54, 1.807) is 4.90 Å². The number of piperidine rings is 1. The number of nitrogens with zero attached hydrogens (tertiary/aromatic N) is 2. The zero-order chi connectivity index (χ0) is 21.1. The number of carbonyl (C=O) groups is 3. The van der Waals surface area contributed by atoms with Crippen molar-refractivity contribution in [3.63, 3.8) is 0 Å². The van der Waals surface area contributed by atoms with Crippen LogP contribution in [-0.2, 0) is 21.5 Å². The van der Waals surface area contributed by atoms with Crippen LogP contribution in [-0.4, -0.2) is 47.3 Å². The Labute approximate surface area is 176 Å². The van der Waals surface area contributed by atoms with Gasteiger partial charge in [0, 0.05) is 19.5 Å². The monoisotopic (exact) mass is 405 g/mol. The van der Waals surface area contributed by atoms with Crippen LogP contribution in [0.4, 0.5) is 4.79 Å². The van der Waals surface area contributed by atoms with Crippen LogP contribution in [0.2, 0.25) is 0 Å². The van der Waals surface area contributed by atoms with Gasteiger partial charge in [-0.15, -0.1) is 0 Å². The van der Waals surface area contributed by atoms with Gasteiger partial charge in [0.15, 0.2) is 5.54 Å². The third-order valence-corrected chi connectivity index (χ3v) is 6.18. The van der Waals surface area contributed by atoms with Gasteiger partial charge in [0.2, 0.25) is 5.91 Å². The molecule has 0 aliphatic carbocycles. The van der Waals surface area contributed by atoms with E-state index in [9.17, 15) is 14.4 Å². The van der Waals surface area contributed by atoms with E-state index < -0.39 is 11.6 Å². The van der Waals surface area contributed by atoms with E-state index in [2.05, 4.69) is 12.2 Å². The number of carbonyl (C=O) groups excluding carboxylic acids is 3. The molecule has 0 spiro atoms. The Bertz CT molecular complexity index is 923. The quantitative estimate of drug-likeness (QED) is 0.778. The van der Waals surface area contributed by atoms with Crippen molar-refractivity contribution in [3.8, 4) is 0 Å². The van der Waals surface area contributed by atoms with Crippen LogP contribution in [0, 0.1) is 5.92 Å². The maximum atomic E-state index is 13.6. The number of urea groups is 1. The summed E-state index contributed by atoms with van der Waals surface area (Å²) in [5.41, 5.74) is 0.443. The van der Waals surface area contributed by atoms with Crippen molar-refractivity contribution in [2.75, 3.05) is 19.6 Å². The molecule has 0 unspecified atom stereocenters. The zero-order valence-electron chi connectivity index (χ0n) is 17.2. The number of hydrogen-bond acceptors (Lipinski definition) is 3. The van der Waals surface area contributed by atoms with Gasteiger partial charge in [0.25, 0.3) is 5.91 Å². The highest BCUT2D eigenvalue weighted by Gasteiger charge is 2.53. The van der Waals surface area contributed by atoms with Gasteiger partial charge in [-0.3, -0.25) is 14.5 Å². The fourth-order valence-corrected chi connectivity index (χ4v) is 4.31. The second kappa shape index (κ2) is 8.30. The fraction of sp³-hybridized carbons (Fsp3) is 0.375. The molecule has 2 aromatic rings. The number of hydrogen-bond donors (Lipinski definition) is 1. The standard InChI is InChI=1S/C24H27N3O3/c1-18-12-14-26(15-13-18)21(28)17-27-22(29)24(25-23(27)30,20-10-6-3-7-11-20)16-19-8-4-2-5-9-19/h2-11,18H,12-17H2,1H3,(H,25,30)/t24-/m1/s1. The van der Waals surface area contributed by atoms with Crippen molar-refractivity contribution >= 4 is 17.8 Å². The Morgan fingerprint density at radius 1 is 1.00 bits per heavy atom. The highest BCUT2D eigenvalue weighted by Crippen LogP contribution is 2.33. The molecule has 0 aromatic heterocycles. The molecule has 156 valence electrons. The number of nitrogens with one attached hydrogen (secondary N) is 1. The van der Waals surface area contributed by atoms with Crippen molar-refractivity contribution in [1.29, 1.82) is 0 Å². The Morgan fingerprint density at radius 3 is 2.23 bits per heavy atom.